The van der Waals surface area contributed by atoms with Crippen molar-refractivity contribution < 1.29 is 102 Å². The van der Waals surface area contributed by atoms with E-state index < -0.39 is 0 Å². The molecule has 0 radical (unpaired) electrons. The first-order valence-corrected chi connectivity index (χ1v) is 6.18. The third kappa shape index (κ3) is 2260. The fraction of sp³-hybridized carbons (Fsp3) is 0.714. The van der Waals surface area contributed by atoms with Gasteiger partial charge in [-0.15, -0.1) is 0 Å². The van der Waals surface area contributed by atoms with Gasteiger partial charge in [0, 0.05) is 0 Å². The zero-order chi connectivity index (χ0) is 18.7. The predicted octanol–water partition coefficient (Wildman–Crippen LogP) is 1.78. The molecule has 0 aliphatic carbocycles. The molecule has 0 aromatic rings. The molecular weight excluding hydrogens is 537 g/mol. The van der Waals surface area contributed by atoms with E-state index in [2.05, 4.69) is 27.7 Å². The first-order chi connectivity index (χ1) is 9.20. The molecule has 0 heterocycles. The van der Waals surface area contributed by atoms with Crippen molar-refractivity contribution in [2.75, 3.05) is 42.3 Å². The van der Waals surface area contributed by atoms with Gasteiger partial charge in [0.25, 0.3) is 0 Å². The van der Waals surface area contributed by atoms with E-state index in [1.807, 2.05) is 0 Å². The number of hydrogen-bond donors (Lipinski definition) is 0. The Balaban J connectivity index is -0.00000000680. The Morgan fingerprint density at radius 3 is 0.423 bits per heavy atom. The molecule has 0 fully saturated rings. The normalized spacial score (nSPS) is 5.08. The molecular formula is C14H41LiN6OZn4. The standard InChI is InChI=1S/3C2H7N2.4C2H5.Li.O.4Zn/c3*1-4(2)3;4*1-2;;;;;;/h3*3H,1-2H3;4*1H2,2H3;;;;;;/q7*-1;+1;-2;4*+2. The first kappa shape index (κ1) is 89.1. The minimum absolute atomic E-state index is 0. The second kappa shape index (κ2) is 143. The van der Waals surface area contributed by atoms with Gasteiger partial charge in [-0.2, -0.15) is 27.7 Å². The van der Waals surface area contributed by atoms with Gasteiger partial charge in [-0.25, -0.2) is 0 Å². The number of rotatable bonds is 0. The Bertz CT molecular complexity index is 73.9. The summed E-state index contributed by atoms with van der Waals surface area (Å²) in [5, 5.41) is 3.75. The summed E-state index contributed by atoms with van der Waals surface area (Å²) in [5.41, 5.74) is 0. The Hall–Kier alpha value is 2.81. The minimum Gasteiger partial charge on any atom is -2.00 e. The van der Waals surface area contributed by atoms with Gasteiger partial charge in [-0.05, 0) is 42.3 Å². The van der Waals surface area contributed by atoms with Crippen molar-refractivity contribution in [2.24, 2.45) is 0 Å². The molecule has 0 amide bonds. The van der Waals surface area contributed by atoms with Gasteiger partial charge in [0.15, 0.2) is 0 Å². The fourth-order valence-electron chi connectivity index (χ4n) is 0. The third-order valence-corrected chi connectivity index (χ3v) is 0. The molecule has 0 atom stereocenters. The van der Waals surface area contributed by atoms with Crippen LogP contribution in [0, 0.1) is 27.7 Å². The molecule has 0 aliphatic rings. The van der Waals surface area contributed by atoms with Crippen molar-refractivity contribution >= 4 is 0 Å². The molecule has 26 heavy (non-hydrogen) atoms. The number of nitrogens with one attached hydrogen (secondary N) is 3. The van der Waals surface area contributed by atoms with Gasteiger partial charge in [0.1, 0.15) is 0 Å². The summed E-state index contributed by atoms with van der Waals surface area (Å²) in [6.45, 7) is 20.0. The number of nitrogens with zero attached hydrogens (tertiary/aromatic N) is 3. The van der Waals surface area contributed by atoms with Crippen molar-refractivity contribution in [2.45, 2.75) is 27.7 Å². The van der Waals surface area contributed by atoms with Crippen LogP contribution < -0.4 is 18.9 Å². The van der Waals surface area contributed by atoms with E-state index in [1.54, 1.807) is 70.0 Å². The summed E-state index contributed by atoms with van der Waals surface area (Å²) >= 11 is 0. The van der Waals surface area contributed by atoms with Crippen LogP contribution in [0.15, 0.2) is 0 Å². The van der Waals surface area contributed by atoms with Crippen LogP contribution in [0.25, 0.3) is 17.5 Å². The Kier molecular flexibility index (Phi) is 491. The van der Waals surface area contributed by atoms with E-state index in [4.69, 9.17) is 17.5 Å². The molecule has 0 saturated heterocycles. The summed E-state index contributed by atoms with van der Waals surface area (Å²) in [4.78, 5) is 0. The van der Waals surface area contributed by atoms with E-state index in [0.29, 0.717) is 0 Å². The number of hydrogen-bond acceptors (Lipinski definition) is 3. The first-order valence-electron chi connectivity index (χ1n) is 6.18. The molecule has 0 unspecified atom stereocenters. The van der Waals surface area contributed by atoms with Crippen LogP contribution in [-0.2, 0) is 83.4 Å². The topological polar surface area (TPSA) is 110 Å². The van der Waals surface area contributed by atoms with Crippen molar-refractivity contribution in [3.05, 3.63) is 45.2 Å². The van der Waals surface area contributed by atoms with Crippen molar-refractivity contribution in [1.29, 1.82) is 0 Å². The van der Waals surface area contributed by atoms with Gasteiger partial charge >= 0.3 is 96.8 Å². The third-order valence-electron chi connectivity index (χ3n) is 0. The van der Waals surface area contributed by atoms with Crippen LogP contribution >= 0.6 is 0 Å². The van der Waals surface area contributed by atoms with Gasteiger partial charge in [-0.1, -0.05) is 0 Å². The van der Waals surface area contributed by atoms with Crippen LogP contribution in [0.1, 0.15) is 27.7 Å². The van der Waals surface area contributed by atoms with Gasteiger partial charge in [-0.3, -0.25) is 0 Å². The molecule has 142 valence electrons. The predicted molar refractivity (Wildman–Crippen MR) is 98.8 cm³/mol. The summed E-state index contributed by atoms with van der Waals surface area (Å²) in [5.74, 6) is 19.2. The molecule has 0 saturated carbocycles. The second-order valence-electron chi connectivity index (χ2n) is 2.68. The van der Waals surface area contributed by atoms with E-state index in [1.165, 1.54) is 15.0 Å². The Labute approximate surface area is 230 Å². The molecule has 12 heteroatoms. The molecule has 0 aromatic heterocycles. The molecule has 0 spiro atoms. The fourth-order valence-corrected chi connectivity index (χ4v) is 0. The van der Waals surface area contributed by atoms with Gasteiger partial charge < -0.3 is 65.7 Å². The zero-order valence-electron chi connectivity index (χ0n) is 19.9. The maximum absolute atomic E-state index is 6.42. The van der Waals surface area contributed by atoms with E-state index in [0.717, 1.165) is 0 Å². The van der Waals surface area contributed by atoms with Gasteiger partial charge in [0.05, 0.1) is 0 Å². The molecule has 0 aliphatic heterocycles. The van der Waals surface area contributed by atoms with Gasteiger partial charge in [0.2, 0.25) is 0 Å². The average Bonchev–Trinajstić information content (AvgIpc) is 2.36. The molecule has 0 bridgehead atoms. The largest absolute Gasteiger partial charge is 2.00 e. The average molecular weight is 578 g/mol. The summed E-state index contributed by atoms with van der Waals surface area (Å²) < 4.78 is 0. The second-order valence-corrected chi connectivity index (χ2v) is 2.68. The van der Waals surface area contributed by atoms with Crippen molar-refractivity contribution in [1.82, 2.24) is 15.0 Å². The summed E-state index contributed by atoms with van der Waals surface area (Å²) in [6.07, 6.45) is 0. The molecule has 7 nitrogen and oxygen atoms in total. The Morgan fingerprint density at radius 2 is 0.423 bits per heavy atom. The zero-order valence-corrected chi connectivity index (χ0v) is 31.8. The van der Waals surface area contributed by atoms with Crippen molar-refractivity contribution in [3.63, 3.8) is 0 Å². The van der Waals surface area contributed by atoms with Crippen LogP contribution in [-0.4, -0.2) is 57.3 Å². The van der Waals surface area contributed by atoms with Crippen LogP contribution in [0.4, 0.5) is 0 Å². The summed E-state index contributed by atoms with van der Waals surface area (Å²) in [7, 11) is 10.0. The monoisotopic (exact) mass is 572 g/mol. The quantitative estimate of drug-likeness (QED) is 0.249. The van der Waals surface area contributed by atoms with Crippen molar-refractivity contribution in [3.8, 4) is 0 Å². The maximum atomic E-state index is 6.42. The van der Waals surface area contributed by atoms with E-state index in [9.17, 15) is 0 Å². The SMILES string of the molecule is CN(C)[NH-].CN(C)[NH-].CN(C)[NH-].[CH2-]C.[CH2-]C.[CH2-]C.[CH2-]C.[Li+].[O-2].[Zn+2].[Zn+2].[Zn+2].[Zn+2]. The van der Waals surface area contributed by atoms with E-state index in [-0.39, 0.29) is 102 Å². The molecule has 0 rings (SSSR count). The van der Waals surface area contributed by atoms with Crippen LogP contribution in [0.5, 0.6) is 0 Å². The molecule has 0 aromatic carbocycles. The van der Waals surface area contributed by atoms with Crippen LogP contribution in [0.3, 0.4) is 0 Å². The summed E-state index contributed by atoms with van der Waals surface area (Å²) in [6, 6.07) is 0. The maximum Gasteiger partial charge on any atom is 2.00 e. The smallest absolute Gasteiger partial charge is 2.00 e. The van der Waals surface area contributed by atoms with E-state index >= 15 is 0 Å². The van der Waals surface area contributed by atoms with Crippen LogP contribution in [0.2, 0.25) is 0 Å². The minimum atomic E-state index is 0. The Morgan fingerprint density at radius 1 is 0.423 bits per heavy atom. The molecule has 3 N–H and O–H groups in total.